The van der Waals surface area contributed by atoms with Gasteiger partial charge in [-0.2, -0.15) is 5.10 Å². The van der Waals surface area contributed by atoms with Gasteiger partial charge in [0, 0.05) is 17.7 Å². The molecule has 0 amide bonds. The van der Waals surface area contributed by atoms with Gasteiger partial charge < -0.3 is 10.9 Å². The Morgan fingerprint density at radius 1 is 1.60 bits per heavy atom. The van der Waals surface area contributed by atoms with Gasteiger partial charge in [-0.15, -0.1) is 10.2 Å². The first-order valence-electron chi connectivity index (χ1n) is 5.10. The first-order chi connectivity index (χ1) is 9.49. The molecule has 0 saturated heterocycles. The van der Waals surface area contributed by atoms with Crippen LogP contribution in [-0.4, -0.2) is 31.1 Å². The quantitative estimate of drug-likeness (QED) is 0.323. The zero-order chi connectivity index (χ0) is 14.7. The number of aromatic nitrogens is 3. The molecule has 4 N–H and O–H groups in total. The highest BCUT2D eigenvalue weighted by molar-refractivity contribution is 9.10. The van der Waals surface area contributed by atoms with Crippen molar-refractivity contribution in [3.8, 4) is 5.75 Å². The van der Waals surface area contributed by atoms with Crippen LogP contribution in [0.3, 0.4) is 0 Å². The minimum atomic E-state index is -0.578. The van der Waals surface area contributed by atoms with Crippen molar-refractivity contribution >= 4 is 33.8 Å². The Bertz CT molecular complexity index is 684. The molecule has 104 valence electrons. The first kappa shape index (κ1) is 13.7. The molecular weight excluding hydrogens is 334 g/mol. The Morgan fingerprint density at radius 3 is 2.95 bits per heavy atom. The average Bonchev–Trinajstić information content (AvgIpc) is 2.80. The largest absolute Gasteiger partial charge is 0.506 e. The SMILES string of the molecule is Nn1cnnc1N/N=C\c1cc([N+](=O)[O-])cc(Br)c1O. The summed E-state index contributed by atoms with van der Waals surface area (Å²) in [6.07, 6.45) is 2.46. The number of halogens is 1. The van der Waals surface area contributed by atoms with Crippen LogP contribution in [0.25, 0.3) is 0 Å². The van der Waals surface area contributed by atoms with Crippen LogP contribution >= 0.6 is 15.9 Å². The molecule has 0 atom stereocenters. The Balaban J connectivity index is 2.24. The van der Waals surface area contributed by atoms with Crippen molar-refractivity contribution in [3.63, 3.8) is 0 Å². The van der Waals surface area contributed by atoms with Gasteiger partial charge in [0.2, 0.25) is 0 Å². The molecule has 2 aromatic rings. The Labute approximate surface area is 120 Å². The van der Waals surface area contributed by atoms with Gasteiger partial charge >= 0.3 is 0 Å². The maximum atomic E-state index is 10.7. The fourth-order valence-electron chi connectivity index (χ4n) is 1.29. The van der Waals surface area contributed by atoms with Crippen LogP contribution in [0.4, 0.5) is 11.6 Å². The number of nitro groups is 1. The number of nitrogens with zero attached hydrogens (tertiary/aromatic N) is 5. The number of non-ortho nitro benzene ring substituents is 1. The van der Waals surface area contributed by atoms with Crippen molar-refractivity contribution in [2.75, 3.05) is 11.3 Å². The maximum absolute atomic E-state index is 10.7. The van der Waals surface area contributed by atoms with Crippen LogP contribution in [0.2, 0.25) is 0 Å². The second kappa shape index (κ2) is 5.52. The van der Waals surface area contributed by atoms with Gasteiger partial charge in [0.15, 0.2) is 0 Å². The minimum Gasteiger partial charge on any atom is -0.506 e. The molecule has 2 rings (SSSR count). The van der Waals surface area contributed by atoms with Gasteiger partial charge in [0.25, 0.3) is 11.6 Å². The van der Waals surface area contributed by atoms with E-state index in [0.717, 1.165) is 4.68 Å². The zero-order valence-corrected chi connectivity index (χ0v) is 11.4. The highest BCUT2D eigenvalue weighted by Gasteiger charge is 2.13. The summed E-state index contributed by atoms with van der Waals surface area (Å²) in [5.74, 6) is 5.45. The molecule has 11 heteroatoms. The van der Waals surface area contributed by atoms with E-state index in [1.54, 1.807) is 0 Å². The third kappa shape index (κ3) is 2.83. The molecule has 1 aromatic carbocycles. The van der Waals surface area contributed by atoms with Crippen LogP contribution in [0.1, 0.15) is 5.56 Å². The molecule has 0 aliphatic rings. The number of hydrogen-bond donors (Lipinski definition) is 3. The van der Waals surface area contributed by atoms with E-state index in [-0.39, 0.29) is 27.4 Å². The lowest BCUT2D eigenvalue weighted by Crippen LogP contribution is -2.10. The molecule has 1 heterocycles. The van der Waals surface area contributed by atoms with E-state index in [9.17, 15) is 15.2 Å². The summed E-state index contributed by atoms with van der Waals surface area (Å²) in [4.78, 5) is 10.1. The van der Waals surface area contributed by atoms with E-state index in [4.69, 9.17) is 5.84 Å². The molecule has 0 bridgehead atoms. The van der Waals surface area contributed by atoms with E-state index in [1.807, 2.05) is 0 Å². The number of phenols is 1. The van der Waals surface area contributed by atoms with Crippen LogP contribution in [0.5, 0.6) is 5.75 Å². The van der Waals surface area contributed by atoms with Gasteiger partial charge in [0.1, 0.15) is 12.1 Å². The van der Waals surface area contributed by atoms with Crippen LogP contribution in [0.15, 0.2) is 28.0 Å². The van der Waals surface area contributed by atoms with Gasteiger partial charge in [-0.25, -0.2) is 10.1 Å². The van der Waals surface area contributed by atoms with Gasteiger partial charge in [-0.05, 0) is 15.9 Å². The summed E-state index contributed by atoms with van der Waals surface area (Å²) in [5.41, 5.74) is 2.45. The molecule has 20 heavy (non-hydrogen) atoms. The molecule has 0 unspecified atom stereocenters. The fourth-order valence-corrected chi connectivity index (χ4v) is 1.75. The molecule has 0 aliphatic heterocycles. The number of phenolic OH excluding ortho intramolecular Hbond substituents is 1. The van der Waals surface area contributed by atoms with E-state index in [0.29, 0.717) is 0 Å². The number of hydrogen-bond acceptors (Lipinski definition) is 8. The van der Waals surface area contributed by atoms with Crippen molar-refractivity contribution in [2.24, 2.45) is 5.10 Å². The molecule has 1 aromatic heterocycles. The topological polar surface area (TPSA) is 144 Å². The Kier molecular flexibility index (Phi) is 3.79. The average molecular weight is 342 g/mol. The van der Waals surface area contributed by atoms with Gasteiger partial charge in [0.05, 0.1) is 15.6 Å². The third-order valence-electron chi connectivity index (χ3n) is 2.23. The van der Waals surface area contributed by atoms with E-state index < -0.39 is 4.92 Å². The lowest BCUT2D eigenvalue weighted by molar-refractivity contribution is -0.385. The highest BCUT2D eigenvalue weighted by Crippen LogP contribution is 2.31. The third-order valence-corrected chi connectivity index (χ3v) is 2.83. The number of rotatable bonds is 4. The summed E-state index contributed by atoms with van der Waals surface area (Å²) in [6, 6.07) is 2.37. The number of anilines is 1. The van der Waals surface area contributed by atoms with E-state index in [2.05, 4.69) is 36.7 Å². The number of nitro benzene ring substituents is 1. The van der Waals surface area contributed by atoms with Crippen molar-refractivity contribution < 1.29 is 10.0 Å². The molecule has 0 saturated carbocycles. The summed E-state index contributed by atoms with van der Waals surface area (Å²) < 4.78 is 1.29. The summed E-state index contributed by atoms with van der Waals surface area (Å²) in [6.45, 7) is 0. The van der Waals surface area contributed by atoms with Crippen LogP contribution in [0, 0.1) is 10.1 Å². The number of benzene rings is 1. The standard InChI is InChI=1S/C9H8BrN7O3/c10-7-2-6(17(19)20)1-5(8(7)18)3-12-14-9-15-13-4-16(9)11/h1-4,18H,11H2,(H,14,15)/b12-3-. The summed E-state index contributed by atoms with van der Waals surface area (Å²) in [5, 5.41) is 31.4. The number of hydrazone groups is 1. The predicted octanol–water partition coefficient (Wildman–Crippen LogP) is 0.814. The van der Waals surface area contributed by atoms with Crippen molar-refractivity contribution in [3.05, 3.63) is 38.6 Å². The second-order valence-corrected chi connectivity index (χ2v) is 4.41. The molecule has 0 fully saturated rings. The number of nitrogens with two attached hydrogens (primary N) is 1. The molecule has 0 radical (unpaired) electrons. The molecular formula is C9H8BrN7O3. The second-order valence-electron chi connectivity index (χ2n) is 3.55. The number of aromatic hydroxyl groups is 1. The Morgan fingerprint density at radius 2 is 2.35 bits per heavy atom. The van der Waals surface area contributed by atoms with Crippen molar-refractivity contribution in [2.45, 2.75) is 0 Å². The predicted molar refractivity (Wildman–Crippen MR) is 73.9 cm³/mol. The van der Waals surface area contributed by atoms with Crippen LogP contribution < -0.4 is 11.3 Å². The molecule has 0 spiro atoms. The van der Waals surface area contributed by atoms with Crippen molar-refractivity contribution in [1.82, 2.24) is 14.9 Å². The van der Waals surface area contributed by atoms with Crippen LogP contribution in [-0.2, 0) is 0 Å². The first-order valence-corrected chi connectivity index (χ1v) is 5.89. The maximum Gasteiger partial charge on any atom is 0.271 e. The van der Waals surface area contributed by atoms with E-state index >= 15 is 0 Å². The highest BCUT2D eigenvalue weighted by atomic mass is 79.9. The summed E-state index contributed by atoms with van der Waals surface area (Å²) >= 11 is 3.02. The molecule has 10 nitrogen and oxygen atoms in total. The van der Waals surface area contributed by atoms with Gasteiger partial charge in [-0.1, -0.05) is 0 Å². The van der Waals surface area contributed by atoms with Gasteiger partial charge in [-0.3, -0.25) is 10.1 Å². The van der Waals surface area contributed by atoms with E-state index in [1.165, 1.54) is 24.7 Å². The Hall–Kier alpha value is -2.69. The monoisotopic (exact) mass is 341 g/mol. The lowest BCUT2D eigenvalue weighted by Gasteiger charge is -2.02. The normalized spacial score (nSPS) is 10.8. The number of nitrogens with one attached hydrogen (secondary N) is 1. The summed E-state index contributed by atoms with van der Waals surface area (Å²) in [7, 11) is 0. The lowest BCUT2D eigenvalue weighted by atomic mass is 10.2. The number of nitrogen functional groups attached to an aromatic ring is 1. The molecule has 0 aliphatic carbocycles. The zero-order valence-electron chi connectivity index (χ0n) is 9.76. The van der Waals surface area contributed by atoms with Crippen molar-refractivity contribution in [1.29, 1.82) is 0 Å². The fraction of sp³-hybridized carbons (Fsp3) is 0. The minimum absolute atomic E-state index is 0.154. The smallest absolute Gasteiger partial charge is 0.271 e.